The SMILES string of the molecule is O=C(C[C@]1(c2ccc(-c3ccc(-c4cnco4)cc3)s2)CCN(S(=O)(=O)N2CCCC2)CCS1(=O)=O)NO. The summed E-state index contributed by atoms with van der Waals surface area (Å²) in [5.41, 5.74) is 3.24. The number of hydrogen-bond acceptors (Lipinski definition) is 9. The fourth-order valence-corrected chi connectivity index (χ4v) is 10.5. The quantitative estimate of drug-likeness (QED) is 0.320. The fourth-order valence-electron chi connectivity index (χ4n) is 5.06. The van der Waals surface area contributed by atoms with Gasteiger partial charge in [-0.1, -0.05) is 24.3 Å². The van der Waals surface area contributed by atoms with Gasteiger partial charge >= 0.3 is 0 Å². The minimum Gasteiger partial charge on any atom is -0.444 e. The zero-order chi connectivity index (χ0) is 27.0. The molecule has 14 heteroatoms. The molecule has 0 saturated carbocycles. The predicted molar refractivity (Wildman–Crippen MR) is 141 cm³/mol. The maximum absolute atomic E-state index is 13.8. The lowest BCUT2D eigenvalue weighted by atomic mass is 9.97. The van der Waals surface area contributed by atoms with Crippen LogP contribution in [0.2, 0.25) is 0 Å². The van der Waals surface area contributed by atoms with Crippen LogP contribution in [0.1, 0.15) is 30.6 Å². The van der Waals surface area contributed by atoms with Gasteiger partial charge in [-0.15, -0.1) is 11.3 Å². The molecule has 0 bridgehead atoms. The summed E-state index contributed by atoms with van der Waals surface area (Å²) in [5.74, 6) is -0.663. The molecule has 2 aromatic heterocycles. The second-order valence-electron chi connectivity index (χ2n) is 9.39. The molecular weight excluding hydrogens is 552 g/mol. The van der Waals surface area contributed by atoms with E-state index >= 15 is 0 Å². The van der Waals surface area contributed by atoms with Gasteiger partial charge in [0.15, 0.2) is 22.0 Å². The average molecular weight is 581 g/mol. The van der Waals surface area contributed by atoms with Crippen LogP contribution in [0.4, 0.5) is 0 Å². The lowest BCUT2D eigenvalue weighted by molar-refractivity contribution is -0.129. The van der Waals surface area contributed by atoms with E-state index in [1.165, 1.54) is 26.3 Å². The number of hydroxylamine groups is 1. The van der Waals surface area contributed by atoms with Crippen LogP contribution in [0.3, 0.4) is 0 Å². The first-order valence-corrected chi connectivity index (χ1v) is 16.0. The monoisotopic (exact) mass is 580 g/mol. The Bertz CT molecular complexity index is 1500. The Morgan fingerprint density at radius 2 is 1.74 bits per heavy atom. The highest BCUT2D eigenvalue weighted by Crippen LogP contribution is 2.45. The molecule has 1 aromatic carbocycles. The first-order valence-electron chi connectivity index (χ1n) is 12.2. The molecule has 0 spiro atoms. The molecule has 3 aromatic rings. The third-order valence-corrected chi connectivity index (χ3v) is 13.2. The van der Waals surface area contributed by atoms with E-state index in [0.717, 1.165) is 28.8 Å². The summed E-state index contributed by atoms with van der Waals surface area (Å²) in [4.78, 5) is 17.5. The molecular formula is C24H28N4O7S3. The van der Waals surface area contributed by atoms with Gasteiger partial charge in [-0.25, -0.2) is 18.9 Å². The number of rotatable bonds is 7. The topological polar surface area (TPSA) is 150 Å². The molecule has 38 heavy (non-hydrogen) atoms. The number of nitrogens with zero attached hydrogens (tertiary/aromatic N) is 3. The van der Waals surface area contributed by atoms with Crippen molar-refractivity contribution in [3.63, 3.8) is 0 Å². The van der Waals surface area contributed by atoms with Crippen LogP contribution in [0.15, 0.2) is 53.4 Å². The summed E-state index contributed by atoms with van der Waals surface area (Å²) in [7, 11) is -7.83. The average Bonchev–Trinajstić information content (AvgIpc) is 3.69. The van der Waals surface area contributed by atoms with Gasteiger partial charge in [0.1, 0.15) is 4.75 Å². The van der Waals surface area contributed by atoms with E-state index in [4.69, 9.17) is 4.42 Å². The second-order valence-corrected chi connectivity index (χ2v) is 14.8. The zero-order valence-corrected chi connectivity index (χ0v) is 22.9. The van der Waals surface area contributed by atoms with Crippen molar-refractivity contribution in [3.8, 4) is 21.8 Å². The molecule has 204 valence electrons. The van der Waals surface area contributed by atoms with Crippen molar-refractivity contribution in [1.82, 2.24) is 19.1 Å². The minimum absolute atomic E-state index is 0.0596. The van der Waals surface area contributed by atoms with E-state index in [1.54, 1.807) is 23.8 Å². The number of aromatic nitrogens is 1. The smallest absolute Gasteiger partial charge is 0.282 e. The molecule has 1 atom stereocenters. The number of amides is 1. The third-order valence-electron chi connectivity index (χ3n) is 7.20. The molecule has 2 fully saturated rings. The van der Waals surface area contributed by atoms with Crippen LogP contribution >= 0.6 is 11.3 Å². The summed E-state index contributed by atoms with van der Waals surface area (Å²) < 4.78 is 60.2. The van der Waals surface area contributed by atoms with Crippen molar-refractivity contribution < 1.29 is 31.3 Å². The number of nitrogens with one attached hydrogen (secondary N) is 1. The van der Waals surface area contributed by atoms with Gasteiger partial charge in [0.05, 0.1) is 18.4 Å². The van der Waals surface area contributed by atoms with Crippen molar-refractivity contribution in [1.29, 1.82) is 0 Å². The lowest BCUT2D eigenvalue weighted by Crippen LogP contribution is -2.43. The molecule has 4 heterocycles. The van der Waals surface area contributed by atoms with Crippen molar-refractivity contribution in [2.45, 2.75) is 30.4 Å². The van der Waals surface area contributed by atoms with Gasteiger partial charge in [0, 0.05) is 41.5 Å². The number of thiophene rings is 1. The van der Waals surface area contributed by atoms with Crippen LogP contribution in [0.5, 0.6) is 0 Å². The molecule has 2 aliphatic rings. The Morgan fingerprint density at radius 3 is 2.39 bits per heavy atom. The number of carbonyl (C=O) groups is 1. The molecule has 11 nitrogen and oxygen atoms in total. The van der Waals surface area contributed by atoms with Crippen LogP contribution in [-0.2, 0) is 29.6 Å². The normalized spacial score (nSPS) is 22.8. The number of sulfone groups is 1. The fraction of sp³-hybridized carbons (Fsp3) is 0.417. The molecule has 0 aliphatic carbocycles. The Hall–Kier alpha value is -2.62. The number of benzene rings is 1. The van der Waals surface area contributed by atoms with Crippen molar-refractivity contribution >= 4 is 37.3 Å². The van der Waals surface area contributed by atoms with Crippen molar-refractivity contribution in [2.24, 2.45) is 0 Å². The van der Waals surface area contributed by atoms with E-state index in [2.05, 4.69) is 4.98 Å². The van der Waals surface area contributed by atoms with Gasteiger partial charge in [-0.05, 0) is 37.0 Å². The maximum Gasteiger partial charge on any atom is 0.282 e. The highest BCUT2D eigenvalue weighted by atomic mass is 32.2. The van der Waals surface area contributed by atoms with Crippen molar-refractivity contribution in [3.05, 3.63) is 53.9 Å². The Kier molecular flexibility index (Phi) is 7.46. The maximum atomic E-state index is 13.8. The van der Waals surface area contributed by atoms with Gasteiger partial charge in [0.25, 0.3) is 10.2 Å². The minimum atomic E-state index is -4.01. The van der Waals surface area contributed by atoms with E-state index in [0.29, 0.717) is 23.7 Å². The Labute approximate surface area is 225 Å². The van der Waals surface area contributed by atoms with Gasteiger partial charge < -0.3 is 4.42 Å². The third kappa shape index (κ3) is 4.92. The number of oxazole rings is 1. The number of carbonyl (C=O) groups excluding carboxylic acids is 1. The second kappa shape index (κ2) is 10.5. The van der Waals surface area contributed by atoms with Gasteiger partial charge in [0.2, 0.25) is 5.91 Å². The number of hydrogen-bond donors (Lipinski definition) is 2. The molecule has 0 radical (unpaired) electrons. The first-order chi connectivity index (χ1) is 18.2. The van der Waals surface area contributed by atoms with Crippen LogP contribution in [0, 0.1) is 0 Å². The van der Waals surface area contributed by atoms with Gasteiger partial charge in [-0.2, -0.15) is 17.0 Å². The summed E-state index contributed by atoms with van der Waals surface area (Å²) in [5, 5.41) is 9.26. The molecule has 5 rings (SSSR count). The lowest BCUT2D eigenvalue weighted by Gasteiger charge is -2.30. The molecule has 0 unspecified atom stereocenters. The molecule has 1 amide bonds. The van der Waals surface area contributed by atoms with Crippen molar-refractivity contribution in [2.75, 3.05) is 31.9 Å². The highest BCUT2D eigenvalue weighted by Gasteiger charge is 2.51. The molecule has 2 aliphatic heterocycles. The largest absolute Gasteiger partial charge is 0.444 e. The standard InChI is InChI=1S/C24H28N4O7S3/c29-23(26-30)15-24(9-12-28(13-14-37(24,31)32)38(33,34)27-10-1-2-11-27)22-8-7-21(36-22)19-5-3-18(4-6-19)20-16-25-17-35-20/h3-8,16-17,30H,1-2,9-15H2,(H,26,29)/t24-/m0/s1. The van der Waals surface area contributed by atoms with E-state index in [9.17, 15) is 26.8 Å². The Balaban J connectivity index is 1.49. The van der Waals surface area contributed by atoms with E-state index in [-0.39, 0.29) is 19.5 Å². The summed E-state index contributed by atoms with van der Waals surface area (Å²) in [6.45, 7) is 0.571. The van der Waals surface area contributed by atoms with E-state index in [1.807, 2.05) is 24.3 Å². The molecule has 2 N–H and O–H groups in total. The van der Waals surface area contributed by atoms with Crippen LogP contribution in [0.25, 0.3) is 21.8 Å². The summed E-state index contributed by atoms with van der Waals surface area (Å²) in [6.07, 6.45) is 3.86. The predicted octanol–water partition coefficient (Wildman–Crippen LogP) is 2.62. The van der Waals surface area contributed by atoms with E-state index < -0.39 is 42.9 Å². The summed E-state index contributed by atoms with van der Waals surface area (Å²) in [6, 6.07) is 11.0. The van der Waals surface area contributed by atoms with Gasteiger partial charge in [-0.3, -0.25) is 10.0 Å². The Morgan fingerprint density at radius 1 is 1.05 bits per heavy atom. The van der Waals surface area contributed by atoms with Crippen LogP contribution < -0.4 is 5.48 Å². The zero-order valence-electron chi connectivity index (χ0n) is 20.4. The molecule has 2 saturated heterocycles. The first kappa shape index (κ1) is 27.0. The van der Waals surface area contributed by atoms with Crippen LogP contribution in [-0.4, -0.2) is 73.5 Å². The highest BCUT2D eigenvalue weighted by molar-refractivity contribution is 7.92. The summed E-state index contributed by atoms with van der Waals surface area (Å²) >= 11 is 1.24.